The average molecular weight is 343 g/mol. The zero-order valence-electron chi connectivity index (χ0n) is 14.5. The second kappa shape index (κ2) is 7.45. The van der Waals surface area contributed by atoms with Gasteiger partial charge in [-0.05, 0) is 33.3 Å². The first-order valence-corrected chi connectivity index (χ1v) is 8.39. The summed E-state index contributed by atoms with van der Waals surface area (Å²) in [5.74, 6) is -0.709. The van der Waals surface area contributed by atoms with E-state index in [0.717, 1.165) is 27.1 Å². The molecule has 0 aliphatic heterocycles. The molecule has 0 aliphatic rings. The smallest absolute Gasteiger partial charge is 0.341 e. The molecule has 1 heterocycles. The van der Waals surface area contributed by atoms with E-state index in [4.69, 9.17) is 4.74 Å². The van der Waals surface area contributed by atoms with Gasteiger partial charge >= 0.3 is 5.97 Å². The van der Waals surface area contributed by atoms with E-state index in [2.05, 4.69) is 5.32 Å². The van der Waals surface area contributed by atoms with Gasteiger partial charge in [-0.15, -0.1) is 11.3 Å². The fourth-order valence-corrected chi connectivity index (χ4v) is 3.47. The molecule has 1 N–H and O–H groups in total. The zero-order chi connectivity index (χ0) is 17.9. The van der Waals surface area contributed by atoms with Gasteiger partial charge in [0.1, 0.15) is 10.6 Å². The number of carbonyl (C=O) groups is 2. The van der Waals surface area contributed by atoms with Crippen LogP contribution in [-0.2, 0) is 9.53 Å². The predicted octanol–water partition coefficient (Wildman–Crippen LogP) is 4.72. The minimum Gasteiger partial charge on any atom is -0.465 e. The van der Waals surface area contributed by atoms with E-state index < -0.39 is 5.97 Å². The van der Waals surface area contributed by atoms with Crippen molar-refractivity contribution in [2.75, 3.05) is 12.4 Å². The molecule has 24 heavy (non-hydrogen) atoms. The van der Waals surface area contributed by atoms with Crippen LogP contribution in [-0.4, -0.2) is 19.0 Å². The Balaban J connectivity index is 2.55. The molecule has 4 nitrogen and oxygen atoms in total. The van der Waals surface area contributed by atoms with Crippen LogP contribution >= 0.6 is 11.3 Å². The molecule has 0 atom stereocenters. The number of hydrogen-bond donors (Lipinski definition) is 1. The third-order valence-corrected chi connectivity index (χ3v) is 4.49. The number of carbonyl (C=O) groups excluding carboxylic acids is 2. The number of methoxy groups -OCH3 is 1. The summed E-state index contributed by atoms with van der Waals surface area (Å²) in [5.41, 5.74) is 4.17. The maximum absolute atomic E-state index is 12.3. The van der Waals surface area contributed by atoms with E-state index in [1.807, 2.05) is 52.0 Å². The standard InChI is InChI=1S/C19H21NO3S/c1-11(2)10-15(21)20-18-17(19(22)23-5)16(13(4)24-18)14-8-6-12(3)7-9-14/h6-10H,1-5H3,(H,20,21). The Kier molecular flexibility index (Phi) is 5.57. The highest BCUT2D eigenvalue weighted by Gasteiger charge is 2.24. The number of ether oxygens (including phenoxy) is 1. The van der Waals surface area contributed by atoms with Gasteiger partial charge in [-0.1, -0.05) is 35.4 Å². The van der Waals surface area contributed by atoms with Crippen LogP contribution in [0.25, 0.3) is 11.1 Å². The van der Waals surface area contributed by atoms with Crippen LogP contribution in [0.3, 0.4) is 0 Å². The lowest BCUT2D eigenvalue weighted by atomic mass is 10.0. The number of anilines is 1. The van der Waals surface area contributed by atoms with Crippen molar-refractivity contribution in [2.45, 2.75) is 27.7 Å². The van der Waals surface area contributed by atoms with Crippen molar-refractivity contribution in [3.8, 4) is 11.1 Å². The van der Waals surface area contributed by atoms with Crippen molar-refractivity contribution < 1.29 is 14.3 Å². The molecule has 5 heteroatoms. The van der Waals surface area contributed by atoms with E-state index in [1.165, 1.54) is 24.5 Å². The SMILES string of the molecule is COC(=O)c1c(NC(=O)C=C(C)C)sc(C)c1-c1ccc(C)cc1. The van der Waals surface area contributed by atoms with E-state index >= 15 is 0 Å². The molecule has 0 radical (unpaired) electrons. The molecule has 0 aliphatic carbocycles. The molecular formula is C19H21NO3S. The van der Waals surface area contributed by atoms with Gasteiger partial charge in [0.05, 0.1) is 7.11 Å². The highest BCUT2D eigenvalue weighted by atomic mass is 32.1. The van der Waals surface area contributed by atoms with Gasteiger partial charge in [-0.25, -0.2) is 4.79 Å². The van der Waals surface area contributed by atoms with E-state index in [0.29, 0.717) is 10.6 Å². The second-order valence-electron chi connectivity index (χ2n) is 5.81. The van der Waals surface area contributed by atoms with E-state index in [-0.39, 0.29) is 5.91 Å². The van der Waals surface area contributed by atoms with Gasteiger partial charge < -0.3 is 10.1 Å². The number of nitrogens with one attached hydrogen (secondary N) is 1. The first kappa shape index (κ1) is 17.9. The molecule has 126 valence electrons. The fourth-order valence-electron chi connectivity index (χ4n) is 2.41. The largest absolute Gasteiger partial charge is 0.465 e. The van der Waals surface area contributed by atoms with Gasteiger partial charge in [0.2, 0.25) is 5.91 Å². The Labute approximate surface area is 146 Å². The van der Waals surface area contributed by atoms with Crippen molar-refractivity contribution >= 4 is 28.2 Å². The summed E-state index contributed by atoms with van der Waals surface area (Å²) in [6, 6.07) is 7.93. The van der Waals surface area contributed by atoms with Crippen molar-refractivity contribution in [3.63, 3.8) is 0 Å². The number of benzene rings is 1. The van der Waals surface area contributed by atoms with Gasteiger partial charge in [0, 0.05) is 16.5 Å². The Morgan fingerprint density at radius 3 is 2.29 bits per heavy atom. The van der Waals surface area contributed by atoms with Crippen LogP contribution in [0.4, 0.5) is 5.00 Å². The third kappa shape index (κ3) is 3.92. The van der Waals surface area contributed by atoms with Crippen LogP contribution in [0.1, 0.15) is 34.6 Å². The number of allylic oxidation sites excluding steroid dienone is 1. The molecule has 0 unspecified atom stereocenters. The Hall–Kier alpha value is -2.40. The molecule has 2 rings (SSSR count). The van der Waals surface area contributed by atoms with Crippen molar-refractivity contribution in [1.82, 2.24) is 0 Å². The summed E-state index contributed by atoms with van der Waals surface area (Å²) < 4.78 is 4.94. The summed E-state index contributed by atoms with van der Waals surface area (Å²) in [5, 5.41) is 3.31. The molecule has 0 saturated carbocycles. The Bertz CT molecular complexity index is 797. The predicted molar refractivity (Wildman–Crippen MR) is 98.6 cm³/mol. The maximum Gasteiger partial charge on any atom is 0.341 e. The van der Waals surface area contributed by atoms with Crippen LogP contribution in [0.5, 0.6) is 0 Å². The van der Waals surface area contributed by atoms with Crippen molar-refractivity contribution in [2.24, 2.45) is 0 Å². The first-order valence-electron chi connectivity index (χ1n) is 7.58. The zero-order valence-corrected chi connectivity index (χ0v) is 15.3. The van der Waals surface area contributed by atoms with Gasteiger partial charge in [-0.2, -0.15) is 0 Å². The molecule has 2 aromatic rings. The number of thiophene rings is 1. The quantitative estimate of drug-likeness (QED) is 0.645. The molecule has 0 fully saturated rings. The molecule has 0 spiro atoms. The number of amides is 1. The normalized spacial score (nSPS) is 10.2. The van der Waals surface area contributed by atoms with Crippen LogP contribution in [0.15, 0.2) is 35.9 Å². The maximum atomic E-state index is 12.3. The fraction of sp³-hybridized carbons (Fsp3) is 0.263. The molecule has 1 amide bonds. The van der Waals surface area contributed by atoms with Gasteiger partial charge in [0.15, 0.2) is 0 Å². The van der Waals surface area contributed by atoms with E-state index in [1.54, 1.807) is 0 Å². The van der Waals surface area contributed by atoms with Crippen LogP contribution in [0.2, 0.25) is 0 Å². The van der Waals surface area contributed by atoms with E-state index in [9.17, 15) is 9.59 Å². The topological polar surface area (TPSA) is 55.4 Å². The molecular weight excluding hydrogens is 322 g/mol. The number of hydrogen-bond acceptors (Lipinski definition) is 4. The van der Waals surface area contributed by atoms with Crippen molar-refractivity contribution in [1.29, 1.82) is 0 Å². The third-order valence-electron chi connectivity index (χ3n) is 3.47. The highest BCUT2D eigenvalue weighted by molar-refractivity contribution is 7.17. The summed E-state index contributed by atoms with van der Waals surface area (Å²) in [6.45, 7) is 7.63. The minimum atomic E-state index is -0.456. The molecule has 1 aromatic carbocycles. The summed E-state index contributed by atoms with van der Waals surface area (Å²) in [4.78, 5) is 25.3. The van der Waals surface area contributed by atoms with Gasteiger partial charge in [0.25, 0.3) is 0 Å². The molecule has 0 saturated heterocycles. The number of rotatable bonds is 4. The number of esters is 1. The minimum absolute atomic E-state index is 0.253. The van der Waals surface area contributed by atoms with Crippen LogP contribution < -0.4 is 5.32 Å². The monoisotopic (exact) mass is 343 g/mol. The summed E-state index contributed by atoms with van der Waals surface area (Å²) in [7, 11) is 1.34. The van der Waals surface area contributed by atoms with Gasteiger partial charge in [-0.3, -0.25) is 4.79 Å². The number of aryl methyl sites for hydroxylation is 2. The first-order chi connectivity index (χ1) is 11.3. The Morgan fingerprint density at radius 1 is 1.12 bits per heavy atom. The lowest BCUT2D eigenvalue weighted by molar-refractivity contribution is -0.111. The molecule has 0 bridgehead atoms. The van der Waals surface area contributed by atoms with Crippen molar-refractivity contribution in [3.05, 3.63) is 51.9 Å². The lowest BCUT2D eigenvalue weighted by Crippen LogP contribution is -2.12. The summed E-state index contributed by atoms with van der Waals surface area (Å²) >= 11 is 1.38. The summed E-state index contributed by atoms with van der Waals surface area (Å²) in [6.07, 6.45) is 1.50. The lowest BCUT2D eigenvalue weighted by Gasteiger charge is -2.08. The Morgan fingerprint density at radius 2 is 1.75 bits per heavy atom. The highest BCUT2D eigenvalue weighted by Crippen LogP contribution is 2.40. The average Bonchev–Trinajstić information content (AvgIpc) is 2.82. The second-order valence-corrected chi connectivity index (χ2v) is 7.03. The van der Waals surface area contributed by atoms with Crippen LogP contribution in [0, 0.1) is 13.8 Å². The molecule has 1 aromatic heterocycles.